The fourth-order valence-electron chi connectivity index (χ4n) is 2.00. The molecule has 88 valence electrons. The Morgan fingerprint density at radius 1 is 1.00 bits per heavy atom. The molecule has 1 aromatic heterocycles. The first kappa shape index (κ1) is 11.0. The summed E-state index contributed by atoms with van der Waals surface area (Å²) in [4.78, 5) is 18.5. The number of halogens is 1. The first-order chi connectivity index (χ1) is 8.77. The van der Waals surface area contributed by atoms with Crippen LogP contribution < -0.4 is 5.56 Å². The van der Waals surface area contributed by atoms with E-state index in [9.17, 15) is 4.79 Å². The van der Waals surface area contributed by atoms with Crippen LogP contribution in [0.3, 0.4) is 0 Å². The van der Waals surface area contributed by atoms with Gasteiger partial charge in [0.1, 0.15) is 0 Å². The zero-order valence-electron chi connectivity index (χ0n) is 9.35. The fourth-order valence-corrected chi connectivity index (χ4v) is 2.23. The zero-order valence-corrected chi connectivity index (χ0v) is 10.1. The Morgan fingerprint density at radius 2 is 1.78 bits per heavy atom. The van der Waals surface area contributed by atoms with Gasteiger partial charge in [0.05, 0.1) is 17.2 Å². The van der Waals surface area contributed by atoms with Crippen LogP contribution in [0.25, 0.3) is 22.0 Å². The zero-order chi connectivity index (χ0) is 12.5. The number of nitrogens with one attached hydrogen (secondary N) is 1. The van der Waals surface area contributed by atoms with Crippen molar-refractivity contribution in [3.05, 3.63) is 64.2 Å². The van der Waals surface area contributed by atoms with Gasteiger partial charge in [0.2, 0.25) is 0 Å². The lowest BCUT2D eigenvalue weighted by Gasteiger charge is -2.06. The summed E-state index contributed by atoms with van der Waals surface area (Å²) >= 11 is 6.19. The maximum Gasteiger partial charge on any atom is 0.258 e. The van der Waals surface area contributed by atoms with Crippen LogP contribution in [0.2, 0.25) is 5.02 Å². The summed E-state index contributed by atoms with van der Waals surface area (Å²) in [5.41, 5.74) is 2.26. The second-order valence-electron chi connectivity index (χ2n) is 3.91. The van der Waals surface area contributed by atoms with Gasteiger partial charge in [-0.2, -0.15) is 0 Å². The van der Waals surface area contributed by atoms with E-state index in [0.29, 0.717) is 15.9 Å². The molecule has 2 aromatic carbocycles. The van der Waals surface area contributed by atoms with Crippen LogP contribution in [0.5, 0.6) is 0 Å². The van der Waals surface area contributed by atoms with Crippen molar-refractivity contribution in [3.63, 3.8) is 0 Å². The summed E-state index contributed by atoms with van der Waals surface area (Å²) in [7, 11) is 0. The molecule has 0 fully saturated rings. The average Bonchev–Trinajstić information content (AvgIpc) is 2.40. The van der Waals surface area contributed by atoms with E-state index in [1.165, 1.54) is 6.33 Å². The number of aromatic nitrogens is 2. The molecule has 0 bridgehead atoms. The molecule has 0 spiro atoms. The number of nitrogens with zero attached hydrogens (tertiary/aromatic N) is 1. The maximum absolute atomic E-state index is 11.7. The molecular weight excluding hydrogens is 248 g/mol. The van der Waals surface area contributed by atoms with Crippen molar-refractivity contribution in [1.82, 2.24) is 9.97 Å². The maximum atomic E-state index is 11.7. The molecule has 0 radical (unpaired) electrons. The molecule has 0 aliphatic heterocycles. The fraction of sp³-hybridized carbons (Fsp3) is 0. The van der Waals surface area contributed by atoms with Crippen molar-refractivity contribution in [1.29, 1.82) is 0 Å². The normalized spacial score (nSPS) is 10.7. The Kier molecular flexibility index (Phi) is 2.61. The van der Waals surface area contributed by atoms with Crippen molar-refractivity contribution in [2.45, 2.75) is 0 Å². The molecule has 4 heteroatoms. The number of benzene rings is 2. The monoisotopic (exact) mass is 256 g/mol. The van der Waals surface area contributed by atoms with E-state index in [1.54, 1.807) is 6.07 Å². The van der Waals surface area contributed by atoms with Crippen LogP contribution in [-0.4, -0.2) is 9.97 Å². The Labute approximate surface area is 108 Å². The van der Waals surface area contributed by atoms with Crippen LogP contribution in [-0.2, 0) is 0 Å². The summed E-state index contributed by atoms with van der Waals surface area (Å²) in [5.74, 6) is 0. The van der Waals surface area contributed by atoms with Crippen LogP contribution in [0.15, 0.2) is 53.6 Å². The summed E-state index contributed by atoms with van der Waals surface area (Å²) < 4.78 is 0. The predicted molar refractivity (Wildman–Crippen MR) is 72.8 cm³/mol. The summed E-state index contributed by atoms with van der Waals surface area (Å²) in [6, 6.07) is 13.0. The minimum absolute atomic E-state index is 0.145. The number of H-pyrrole nitrogens is 1. The molecule has 3 aromatic rings. The smallest absolute Gasteiger partial charge is 0.258 e. The SMILES string of the molecule is O=c1[nH]cnc2c(-c3ccccc3Cl)cccc12. The van der Waals surface area contributed by atoms with E-state index in [1.807, 2.05) is 36.4 Å². The molecule has 0 amide bonds. The Balaban J connectivity index is 2.41. The third-order valence-electron chi connectivity index (χ3n) is 2.83. The molecule has 0 saturated heterocycles. The first-order valence-corrected chi connectivity index (χ1v) is 5.86. The highest BCUT2D eigenvalue weighted by Crippen LogP contribution is 2.31. The highest BCUT2D eigenvalue weighted by molar-refractivity contribution is 6.33. The van der Waals surface area contributed by atoms with E-state index in [4.69, 9.17) is 11.6 Å². The minimum Gasteiger partial charge on any atom is -0.313 e. The largest absolute Gasteiger partial charge is 0.313 e. The number of hydrogen-bond donors (Lipinski definition) is 1. The van der Waals surface area contributed by atoms with Crippen molar-refractivity contribution >= 4 is 22.5 Å². The molecule has 0 saturated carbocycles. The highest BCUT2D eigenvalue weighted by atomic mass is 35.5. The van der Waals surface area contributed by atoms with Crippen LogP contribution in [0.1, 0.15) is 0 Å². The molecule has 3 nitrogen and oxygen atoms in total. The number of rotatable bonds is 1. The number of hydrogen-bond acceptors (Lipinski definition) is 2. The Morgan fingerprint density at radius 3 is 2.61 bits per heavy atom. The molecule has 3 rings (SSSR count). The van der Waals surface area contributed by atoms with Gasteiger partial charge in [0.15, 0.2) is 0 Å². The van der Waals surface area contributed by atoms with Gasteiger partial charge in [0.25, 0.3) is 5.56 Å². The minimum atomic E-state index is -0.145. The lowest BCUT2D eigenvalue weighted by atomic mass is 10.0. The molecule has 0 aliphatic carbocycles. The number of fused-ring (bicyclic) bond motifs is 1. The van der Waals surface area contributed by atoms with E-state index in [-0.39, 0.29) is 5.56 Å². The number of para-hydroxylation sites is 1. The molecule has 0 atom stereocenters. The second-order valence-corrected chi connectivity index (χ2v) is 4.32. The van der Waals surface area contributed by atoms with Gasteiger partial charge in [0, 0.05) is 16.1 Å². The predicted octanol–water partition coefficient (Wildman–Crippen LogP) is 3.24. The molecule has 0 unspecified atom stereocenters. The van der Waals surface area contributed by atoms with Gasteiger partial charge in [-0.15, -0.1) is 0 Å². The molecule has 1 heterocycles. The molecule has 1 N–H and O–H groups in total. The van der Waals surface area contributed by atoms with E-state index in [0.717, 1.165) is 11.1 Å². The number of aromatic amines is 1. The standard InChI is InChI=1S/C14H9ClN2O/c15-12-7-2-1-4-9(12)10-5-3-6-11-13(10)16-8-17-14(11)18/h1-8H,(H,16,17,18). The second kappa shape index (κ2) is 4.27. The molecular formula is C14H9ClN2O. The summed E-state index contributed by atoms with van der Waals surface area (Å²) in [6.45, 7) is 0. The van der Waals surface area contributed by atoms with Crippen LogP contribution in [0, 0.1) is 0 Å². The van der Waals surface area contributed by atoms with E-state index >= 15 is 0 Å². The van der Waals surface area contributed by atoms with Gasteiger partial charge in [-0.3, -0.25) is 4.79 Å². The van der Waals surface area contributed by atoms with Crippen LogP contribution >= 0.6 is 11.6 Å². The Hall–Kier alpha value is -2.13. The van der Waals surface area contributed by atoms with Gasteiger partial charge >= 0.3 is 0 Å². The van der Waals surface area contributed by atoms with Gasteiger partial charge in [-0.05, 0) is 12.1 Å². The quantitative estimate of drug-likeness (QED) is 0.726. The van der Waals surface area contributed by atoms with Crippen LogP contribution in [0.4, 0.5) is 0 Å². The average molecular weight is 257 g/mol. The van der Waals surface area contributed by atoms with Crippen molar-refractivity contribution in [3.8, 4) is 11.1 Å². The third-order valence-corrected chi connectivity index (χ3v) is 3.16. The van der Waals surface area contributed by atoms with Gasteiger partial charge in [-0.25, -0.2) is 4.98 Å². The molecule has 18 heavy (non-hydrogen) atoms. The Bertz CT molecular complexity index is 780. The van der Waals surface area contributed by atoms with E-state index in [2.05, 4.69) is 9.97 Å². The van der Waals surface area contributed by atoms with Gasteiger partial charge in [-0.1, -0.05) is 41.9 Å². The first-order valence-electron chi connectivity index (χ1n) is 5.48. The summed E-state index contributed by atoms with van der Waals surface area (Å²) in [6.07, 6.45) is 1.41. The lowest BCUT2D eigenvalue weighted by molar-refractivity contribution is 1.17. The van der Waals surface area contributed by atoms with E-state index < -0.39 is 0 Å². The van der Waals surface area contributed by atoms with Crippen molar-refractivity contribution in [2.24, 2.45) is 0 Å². The van der Waals surface area contributed by atoms with Crippen molar-refractivity contribution in [2.75, 3.05) is 0 Å². The molecule has 0 aliphatic rings. The topological polar surface area (TPSA) is 45.8 Å². The lowest BCUT2D eigenvalue weighted by Crippen LogP contribution is -2.06. The van der Waals surface area contributed by atoms with Gasteiger partial charge < -0.3 is 4.98 Å². The van der Waals surface area contributed by atoms with Crippen molar-refractivity contribution < 1.29 is 0 Å². The third kappa shape index (κ3) is 1.69. The summed E-state index contributed by atoms with van der Waals surface area (Å²) in [5, 5.41) is 1.21. The highest BCUT2D eigenvalue weighted by Gasteiger charge is 2.09.